The Morgan fingerprint density at radius 3 is 1.24 bits per heavy atom. The summed E-state index contributed by atoms with van der Waals surface area (Å²) < 4.78 is -0.661. The number of quaternary nitrogens is 2. The van der Waals surface area contributed by atoms with E-state index in [0.29, 0.717) is 45.4 Å². The molecule has 2 heterocycles. The van der Waals surface area contributed by atoms with E-state index in [0.717, 1.165) is 46.5 Å². The van der Waals surface area contributed by atoms with Crippen molar-refractivity contribution >= 4 is 23.2 Å². The van der Waals surface area contributed by atoms with Crippen LogP contribution in [0.3, 0.4) is 0 Å². The lowest BCUT2D eigenvalue weighted by molar-refractivity contribution is -1.12. The molecule has 8 nitrogen and oxygen atoms in total. The van der Waals surface area contributed by atoms with Gasteiger partial charge >= 0.3 is 0 Å². The lowest BCUT2D eigenvalue weighted by atomic mass is 9.92. The summed E-state index contributed by atoms with van der Waals surface area (Å²) >= 11 is 0. The average Bonchev–Trinajstić information content (AvgIpc) is 3.55. The second-order valence-electron chi connectivity index (χ2n) is 14.8. The van der Waals surface area contributed by atoms with Crippen LogP contribution < -0.4 is 10.6 Å². The number of para-hydroxylation sites is 2. The molecular weight excluding hydrogens is 564 g/mol. The average molecular weight is 623 g/mol. The molecule has 0 aliphatic carbocycles. The number of likely N-dealkylation sites (tertiary alicyclic amines) is 2. The number of nitrogens with one attached hydrogen (secondary N) is 2. The number of carbonyl (C=O) groups excluding carboxylic acids is 2. The third kappa shape index (κ3) is 7.62. The van der Waals surface area contributed by atoms with E-state index in [2.05, 4.69) is 90.3 Å². The van der Waals surface area contributed by atoms with Crippen molar-refractivity contribution in [1.82, 2.24) is 0 Å². The SMILES string of the molecule is CC(C)c1cccc(C(C)C)c1NC(=O)[C@@H]1CCC[N+]1(O)CCC[N+]1(O)CCC[C@H]1C(=O)Nc1c(C(C)C)cccc1C(C)C. The second kappa shape index (κ2) is 14.3. The van der Waals surface area contributed by atoms with Gasteiger partial charge in [-0.2, -0.15) is 9.29 Å². The monoisotopic (exact) mass is 622 g/mol. The number of nitrogens with zero attached hydrogens (tertiary/aromatic N) is 2. The summed E-state index contributed by atoms with van der Waals surface area (Å²) in [5, 5.41) is 30.0. The molecule has 2 aromatic carbocycles. The Bertz CT molecular complexity index is 1200. The van der Waals surface area contributed by atoms with Crippen LogP contribution >= 0.6 is 0 Å². The fourth-order valence-corrected chi connectivity index (χ4v) is 7.57. The zero-order valence-corrected chi connectivity index (χ0v) is 28.9. The molecule has 4 rings (SSSR count). The Hall–Kier alpha value is -2.78. The van der Waals surface area contributed by atoms with Crippen molar-refractivity contribution in [3.05, 3.63) is 58.7 Å². The molecule has 2 unspecified atom stereocenters. The minimum absolute atomic E-state index is 0.152. The van der Waals surface area contributed by atoms with Gasteiger partial charge in [0.1, 0.15) is 26.2 Å². The second-order valence-corrected chi connectivity index (χ2v) is 14.8. The lowest BCUT2D eigenvalue weighted by Gasteiger charge is -2.34. The van der Waals surface area contributed by atoms with E-state index in [1.165, 1.54) is 0 Å². The molecule has 2 aliphatic rings. The normalized spacial score (nSPS) is 25.1. The number of amides is 2. The van der Waals surface area contributed by atoms with Gasteiger partial charge in [0.25, 0.3) is 11.8 Å². The Kier molecular flexibility index (Phi) is 11.2. The molecular formula is C37H58N4O4+2. The van der Waals surface area contributed by atoms with Crippen molar-refractivity contribution in [2.24, 2.45) is 0 Å². The van der Waals surface area contributed by atoms with E-state index in [-0.39, 0.29) is 44.8 Å². The van der Waals surface area contributed by atoms with Crippen LogP contribution in [0, 0.1) is 0 Å². The number of anilines is 2. The van der Waals surface area contributed by atoms with Crippen LogP contribution in [0.15, 0.2) is 36.4 Å². The zero-order valence-electron chi connectivity index (χ0n) is 28.9. The molecule has 8 heteroatoms. The molecule has 0 aromatic heterocycles. The van der Waals surface area contributed by atoms with E-state index in [1.54, 1.807) is 0 Å². The van der Waals surface area contributed by atoms with E-state index < -0.39 is 12.1 Å². The van der Waals surface area contributed by atoms with Gasteiger partial charge in [0.2, 0.25) is 0 Å². The quantitative estimate of drug-likeness (QED) is 0.181. The van der Waals surface area contributed by atoms with Crippen molar-refractivity contribution < 1.29 is 29.3 Å². The summed E-state index contributed by atoms with van der Waals surface area (Å²) in [6.45, 7) is 18.7. The Morgan fingerprint density at radius 1 is 0.644 bits per heavy atom. The summed E-state index contributed by atoms with van der Waals surface area (Å²) in [6.07, 6.45) is 3.24. The molecule has 4 N–H and O–H groups in total. The molecule has 45 heavy (non-hydrogen) atoms. The number of hydrogen-bond acceptors (Lipinski definition) is 4. The first-order valence-corrected chi connectivity index (χ1v) is 17.2. The molecule has 248 valence electrons. The standard InChI is InChI=1S/C37H56N4O4/c1-24(2)28-14-9-15-29(25(3)4)34(28)38-36(42)32-18-11-20-40(32,44)22-13-23-41(45)21-12-19-33(41)37(43)39-35-30(26(5)6)16-10-17-31(35)27(7)8/h9-10,14-17,24-27,32-33,44-45H,11-13,18-23H2,1-8H3/p+2/t32-,33-,40?,41?/m0/s1. The van der Waals surface area contributed by atoms with Crippen molar-refractivity contribution in [2.45, 2.75) is 123 Å². The molecule has 0 saturated carbocycles. The molecule has 2 amide bonds. The fourth-order valence-electron chi connectivity index (χ4n) is 7.57. The van der Waals surface area contributed by atoms with Crippen LogP contribution in [0.4, 0.5) is 11.4 Å². The lowest BCUT2D eigenvalue weighted by Crippen LogP contribution is -2.57. The van der Waals surface area contributed by atoms with Gasteiger partial charge in [-0.05, 0) is 45.9 Å². The van der Waals surface area contributed by atoms with Crippen LogP contribution in [-0.2, 0) is 9.59 Å². The summed E-state index contributed by atoms with van der Waals surface area (Å²) in [5.41, 5.74) is 6.15. The smallest absolute Gasteiger partial charge is 0.285 e. The highest BCUT2D eigenvalue weighted by Gasteiger charge is 2.49. The first-order chi connectivity index (χ1) is 21.2. The maximum atomic E-state index is 13.7. The first-order valence-electron chi connectivity index (χ1n) is 17.2. The summed E-state index contributed by atoms with van der Waals surface area (Å²) in [4.78, 5) is 27.5. The van der Waals surface area contributed by atoms with E-state index in [9.17, 15) is 20.0 Å². The van der Waals surface area contributed by atoms with Gasteiger partial charge in [0.15, 0.2) is 12.1 Å². The number of benzene rings is 2. The van der Waals surface area contributed by atoms with Crippen LogP contribution in [-0.4, -0.2) is 69.8 Å². The van der Waals surface area contributed by atoms with Gasteiger partial charge < -0.3 is 10.6 Å². The molecule has 2 aliphatic heterocycles. The predicted octanol–water partition coefficient (Wildman–Crippen LogP) is 7.88. The highest BCUT2D eigenvalue weighted by Crippen LogP contribution is 2.36. The number of hydrogen-bond donors (Lipinski definition) is 4. The minimum atomic E-state index is -0.572. The van der Waals surface area contributed by atoms with Gasteiger partial charge in [-0.3, -0.25) is 9.59 Å². The highest BCUT2D eigenvalue weighted by atomic mass is 16.6. The van der Waals surface area contributed by atoms with E-state index >= 15 is 0 Å². The highest BCUT2D eigenvalue weighted by molar-refractivity contribution is 5.96. The van der Waals surface area contributed by atoms with Gasteiger partial charge in [-0.25, -0.2) is 10.4 Å². The molecule has 2 saturated heterocycles. The van der Waals surface area contributed by atoms with Gasteiger partial charge in [0.05, 0.1) is 6.42 Å². The minimum Gasteiger partial charge on any atom is -0.320 e. The largest absolute Gasteiger partial charge is 0.320 e. The first kappa shape index (κ1) is 35.1. The third-order valence-corrected chi connectivity index (χ3v) is 10.1. The van der Waals surface area contributed by atoms with Crippen molar-refractivity contribution in [3.8, 4) is 0 Å². The topological polar surface area (TPSA) is 98.7 Å². The van der Waals surface area contributed by atoms with Crippen LogP contribution in [0.25, 0.3) is 0 Å². The van der Waals surface area contributed by atoms with E-state index in [4.69, 9.17) is 0 Å². The molecule has 0 bridgehead atoms. The Labute approximate surface area is 270 Å². The van der Waals surface area contributed by atoms with Crippen molar-refractivity contribution in [1.29, 1.82) is 0 Å². The van der Waals surface area contributed by atoms with Crippen LogP contribution in [0.5, 0.6) is 0 Å². The summed E-state index contributed by atoms with van der Waals surface area (Å²) in [5.74, 6) is 0.703. The third-order valence-electron chi connectivity index (χ3n) is 10.1. The molecule has 2 fully saturated rings. The van der Waals surface area contributed by atoms with Crippen LogP contribution in [0.1, 0.15) is 133 Å². The molecule has 2 aromatic rings. The molecule has 0 spiro atoms. The maximum Gasteiger partial charge on any atom is 0.285 e. The Morgan fingerprint density at radius 2 is 0.956 bits per heavy atom. The molecule has 0 radical (unpaired) electrons. The maximum absolute atomic E-state index is 13.7. The summed E-state index contributed by atoms with van der Waals surface area (Å²) in [7, 11) is 0. The van der Waals surface area contributed by atoms with Gasteiger partial charge in [-0.15, -0.1) is 0 Å². The predicted molar refractivity (Wildman–Crippen MR) is 181 cm³/mol. The zero-order chi connectivity index (χ0) is 33.1. The summed E-state index contributed by atoms with van der Waals surface area (Å²) in [6, 6.07) is 11.2. The number of rotatable bonds is 12. The van der Waals surface area contributed by atoms with Crippen molar-refractivity contribution in [2.75, 3.05) is 36.8 Å². The van der Waals surface area contributed by atoms with E-state index in [1.807, 2.05) is 12.1 Å². The number of hydroxylamine groups is 6. The van der Waals surface area contributed by atoms with Gasteiger partial charge in [0, 0.05) is 37.1 Å². The number of carbonyl (C=O) groups is 2. The fraction of sp³-hybridized carbons (Fsp3) is 0.622. The van der Waals surface area contributed by atoms with Gasteiger partial charge in [-0.1, -0.05) is 91.8 Å². The molecule has 4 atom stereocenters. The Balaban J connectivity index is 1.45. The van der Waals surface area contributed by atoms with Crippen LogP contribution in [0.2, 0.25) is 0 Å². The van der Waals surface area contributed by atoms with Crippen molar-refractivity contribution in [3.63, 3.8) is 0 Å².